The summed E-state index contributed by atoms with van der Waals surface area (Å²) in [5.74, 6) is 1.29. The summed E-state index contributed by atoms with van der Waals surface area (Å²) in [7, 11) is 0. The Morgan fingerprint density at radius 3 is 2.37 bits per heavy atom. The molecule has 38 heavy (non-hydrogen) atoms. The molecule has 0 unspecified atom stereocenters. The third kappa shape index (κ3) is 4.65. The first-order valence-corrected chi connectivity index (χ1v) is 13.5. The quantitative estimate of drug-likeness (QED) is 0.316. The van der Waals surface area contributed by atoms with Crippen molar-refractivity contribution in [1.29, 1.82) is 0 Å². The zero-order valence-electron chi connectivity index (χ0n) is 21.3. The van der Waals surface area contributed by atoms with E-state index >= 15 is 0 Å². The lowest BCUT2D eigenvalue weighted by molar-refractivity contribution is 0.0751. The van der Waals surface area contributed by atoms with E-state index in [0.29, 0.717) is 44.1 Å². The Hall–Kier alpha value is -4.11. The number of amides is 1. The maximum absolute atomic E-state index is 13.7. The standard InChI is InChI=1S/C29H27FN6OS/c1-19-5-7-21(8-6-19)18-25-31-27(34-13-15-35(16-14-34)29(37)24-4-3-17-38-24)26-20(2)33-36(28(26)32-25)23-11-9-22(30)10-12-23/h3-12,17H,13-16,18H2,1-2H3. The number of anilines is 1. The van der Waals surface area contributed by atoms with Crippen LogP contribution in [0.15, 0.2) is 66.0 Å². The van der Waals surface area contributed by atoms with E-state index in [4.69, 9.17) is 15.1 Å². The molecular formula is C29H27FN6OS. The minimum atomic E-state index is -0.299. The van der Waals surface area contributed by atoms with E-state index in [2.05, 4.69) is 36.1 Å². The van der Waals surface area contributed by atoms with E-state index in [-0.39, 0.29) is 11.7 Å². The van der Waals surface area contributed by atoms with Crippen molar-refractivity contribution in [1.82, 2.24) is 24.6 Å². The Balaban J connectivity index is 1.38. The van der Waals surface area contributed by atoms with Gasteiger partial charge >= 0.3 is 0 Å². The smallest absolute Gasteiger partial charge is 0.264 e. The van der Waals surface area contributed by atoms with Gasteiger partial charge in [-0.15, -0.1) is 11.3 Å². The maximum Gasteiger partial charge on any atom is 0.264 e. The molecule has 9 heteroatoms. The second-order valence-corrected chi connectivity index (χ2v) is 10.5. The van der Waals surface area contributed by atoms with Gasteiger partial charge in [0.1, 0.15) is 17.5 Å². The van der Waals surface area contributed by atoms with Crippen molar-refractivity contribution in [2.75, 3.05) is 31.1 Å². The lowest BCUT2D eigenvalue weighted by Crippen LogP contribution is -2.49. The van der Waals surface area contributed by atoms with E-state index in [9.17, 15) is 9.18 Å². The van der Waals surface area contributed by atoms with E-state index < -0.39 is 0 Å². The molecule has 4 heterocycles. The number of rotatable bonds is 5. The van der Waals surface area contributed by atoms with Crippen molar-refractivity contribution >= 4 is 34.1 Å². The van der Waals surface area contributed by atoms with Crippen LogP contribution in [0.4, 0.5) is 10.2 Å². The van der Waals surface area contributed by atoms with Gasteiger partial charge in [-0.2, -0.15) is 5.10 Å². The Kier molecular flexibility index (Phi) is 6.37. The third-order valence-electron chi connectivity index (χ3n) is 6.88. The molecule has 192 valence electrons. The SMILES string of the molecule is Cc1ccc(Cc2nc(N3CCN(C(=O)c4cccs4)CC3)c3c(C)nn(-c4ccc(F)cc4)c3n2)cc1. The van der Waals surface area contributed by atoms with Crippen LogP contribution in [0, 0.1) is 19.7 Å². The number of aromatic nitrogens is 4. The van der Waals surface area contributed by atoms with Gasteiger partial charge in [-0.1, -0.05) is 35.9 Å². The molecule has 0 saturated carbocycles. The number of aryl methyl sites for hydroxylation is 2. The molecule has 1 amide bonds. The van der Waals surface area contributed by atoms with E-state index in [1.54, 1.807) is 16.8 Å². The molecule has 0 spiro atoms. The van der Waals surface area contributed by atoms with Gasteiger partial charge in [0, 0.05) is 32.6 Å². The molecule has 1 aliphatic rings. The van der Waals surface area contributed by atoms with Crippen LogP contribution in [0.2, 0.25) is 0 Å². The molecule has 5 aromatic rings. The van der Waals surface area contributed by atoms with Crippen molar-refractivity contribution < 1.29 is 9.18 Å². The fraction of sp³-hybridized carbons (Fsp3) is 0.241. The van der Waals surface area contributed by atoms with Crippen molar-refractivity contribution in [2.45, 2.75) is 20.3 Å². The summed E-state index contributed by atoms with van der Waals surface area (Å²) in [6.45, 7) is 6.56. The monoisotopic (exact) mass is 526 g/mol. The van der Waals surface area contributed by atoms with Crippen molar-refractivity contribution in [3.8, 4) is 5.69 Å². The molecule has 0 aliphatic carbocycles. The summed E-state index contributed by atoms with van der Waals surface area (Å²) < 4.78 is 15.4. The second-order valence-electron chi connectivity index (χ2n) is 9.55. The van der Waals surface area contributed by atoms with Crippen LogP contribution in [-0.2, 0) is 6.42 Å². The molecule has 2 aromatic carbocycles. The summed E-state index contributed by atoms with van der Waals surface area (Å²) >= 11 is 1.47. The van der Waals surface area contributed by atoms with Gasteiger partial charge in [0.2, 0.25) is 0 Å². The number of hydrogen-bond donors (Lipinski definition) is 0. The van der Waals surface area contributed by atoms with Crippen LogP contribution < -0.4 is 4.90 Å². The van der Waals surface area contributed by atoms with E-state index in [1.165, 1.54) is 29.0 Å². The summed E-state index contributed by atoms with van der Waals surface area (Å²) in [5.41, 5.74) is 4.56. The molecule has 0 radical (unpaired) electrons. The van der Waals surface area contributed by atoms with Crippen LogP contribution in [0.3, 0.4) is 0 Å². The number of thiophene rings is 1. The number of benzene rings is 2. The largest absolute Gasteiger partial charge is 0.352 e. The first-order valence-electron chi connectivity index (χ1n) is 12.6. The zero-order chi connectivity index (χ0) is 26.2. The fourth-order valence-corrected chi connectivity index (χ4v) is 5.53. The first kappa shape index (κ1) is 24.2. The highest BCUT2D eigenvalue weighted by Crippen LogP contribution is 2.30. The topological polar surface area (TPSA) is 67.2 Å². The highest BCUT2D eigenvalue weighted by Gasteiger charge is 2.27. The molecule has 1 saturated heterocycles. The van der Waals surface area contributed by atoms with Crippen LogP contribution in [0.25, 0.3) is 16.7 Å². The molecule has 6 rings (SSSR count). The molecule has 0 N–H and O–H groups in total. The molecule has 7 nitrogen and oxygen atoms in total. The molecule has 3 aromatic heterocycles. The predicted molar refractivity (Wildman–Crippen MR) is 148 cm³/mol. The zero-order valence-corrected chi connectivity index (χ0v) is 22.1. The van der Waals surface area contributed by atoms with Crippen LogP contribution in [0.1, 0.15) is 32.3 Å². The van der Waals surface area contributed by atoms with Gasteiger partial charge in [-0.25, -0.2) is 19.0 Å². The second kappa shape index (κ2) is 9.98. The number of halogens is 1. The number of carbonyl (C=O) groups is 1. The number of fused-ring (bicyclic) bond motifs is 1. The Bertz CT molecular complexity index is 1590. The number of piperazine rings is 1. The average Bonchev–Trinajstić information content (AvgIpc) is 3.59. The predicted octanol–water partition coefficient (Wildman–Crippen LogP) is 5.19. The summed E-state index contributed by atoms with van der Waals surface area (Å²) in [5, 5.41) is 7.59. The van der Waals surface area contributed by atoms with Crippen molar-refractivity contribution in [3.63, 3.8) is 0 Å². The molecule has 1 fully saturated rings. The minimum absolute atomic E-state index is 0.0767. The van der Waals surface area contributed by atoms with Gasteiger partial charge in [0.05, 0.1) is 21.6 Å². The van der Waals surface area contributed by atoms with Crippen LogP contribution in [0.5, 0.6) is 0 Å². The Morgan fingerprint density at radius 1 is 0.947 bits per heavy atom. The van der Waals surface area contributed by atoms with Gasteiger partial charge in [-0.05, 0) is 55.1 Å². The fourth-order valence-electron chi connectivity index (χ4n) is 4.84. The molecule has 0 bridgehead atoms. The number of hydrogen-bond acceptors (Lipinski definition) is 6. The maximum atomic E-state index is 13.7. The van der Waals surface area contributed by atoms with Crippen LogP contribution in [-0.4, -0.2) is 56.7 Å². The van der Waals surface area contributed by atoms with Crippen LogP contribution >= 0.6 is 11.3 Å². The van der Waals surface area contributed by atoms with Gasteiger partial charge in [-0.3, -0.25) is 4.79 Å². The average molecular weight is 527 g/mol. The lowest BCUT2D eigenvalue weighted by atomic mass is 10.1. The van der Waals surface area contributed by atoms with E-state index in [1.807, 2.05) is 29.3 Å². The van der Waals surface area contributed by atoms with Crippen molar-refractivity contribution in [3.05, 3.63) is 99.4 Å². The highest BCUT2D eigenvalue weighted by atomic mass is 32.1. The Morgan fingerprint density at radius 2 is 1.68 bits per heavy atom. The van der Waals surface area contributed by atoms with Gasteiger partial charge < -0.3 is 9.80 Å². The summed E-state index contributed by atoms with van der Waals surface area (Å²) in [6.07, 6.45) is 0.577. The van der Waals surface area contributed by atoms with E-state index in [0.717, 1.165) is 33.0 Å². The summed E-state index contributed by atoms with van der Waals surface area (Å²) in [6, 6.07) is 18.4. The first-order chi connectivity index (χ1) is 18.5. The normalized spacial score (nSPS) is 13.9. The molecule has 0 atom stereocenters. The summed E-state index contributed by atoms with van der Waals surface area (Å²) in [4.78, 5) is 27.8. The number of nitrogens with zero attached hydrogens (tertiary/aromatic N) is 6. The van der Waals surface area contributed by atoms with Gasteiger partial charge in [0.15, 0.2) is 5.65 Å². The minimum Gasteiger partial charge on any atom is -0.352 e. The van der Waals surface area contributed by atoms with Crippen molar-refractivity contribution in [2.24, 2.45) is 0 Å². The highest BCUT2D eigenvalue weighted by molar-refractivity contribution is 7.12. The molecular weight excluding hydrogens is 499 g/mol. The van der Waals surface area contributed by atoms with Gasteiger partial charge in [0.25, 0.3) is 5.91 Å². The number of carbonyl (C=O) groups excluding carboxylic acids is 1. The lowest BCUT2D eigenvalue weighted by Gasteiger charge is -2.35. The molecule has 1 aliphatic heterocycles. The Labute approximate surface area is 224 Å². The third-order valence-corrected chi connectivity index (χ3v) is 7.74.